The van der Waals surface area contributed by atoms with Crippen molar-refractivity contribution in [2.75, 3.05) is 0 Å². The lowest BCUT2D eigenvalue weighted by atomic mass is 10.0. The van der Waals surface area contributed by atoms with E-state index in [1.165, 1.54) is 12.1 Å². The quantitative estimate of drug-likeness (QED) is 0.685. The summed E-state index contributed by atoms with van der Waals surface area (Å²) in [6.45, 7) is 0. The van der Waals surface area contributed by atoms with Crippen molar-refractivity contribution in [1.82, 2.24) is 0 Å². The number of halogens is 5. The van der Waals surface area contributed by atoms with Crippen molar-refractivity contribution in [2.45, 2.75) is 12.3 Å². The van der Waals surface area contributed by atoms with Gasteiger partial charge in [0.2, 0.25) is 0 Å². The van der Waals surface area contributed by atoms with Gasteiger partial charge in [0, 0.05) is 3.57 Å². The van der Waals surface area contributed by atoms with Gasteiger partial charge in [0.05, 0.1) is 10.6 Å². The van der Waals surface area contributed by atoms with E-state index >= 15 is 0 Å². The van der Waals surface area contributed by atoms with Gasteiger partial charge in [-0.3, -0.25) is 0 Å². The zero-order chi connectivity index (χ0) is 14.9. The Labute approximate surface area is 132 Å². The topological polar surface area (TPSA) is 20.2 Å². The number of aliphatic hydroxyl groups excluding tert-OH is 1. The molecule has 1 nitrogen and oxygen atoms in total. The zero-order valence-corrected chi connectivity index (χ0v) is 12.9. The van der Waals surface area contributed by atoms with E-state index in [0.29, 0.717) is 16.1 Å². The highest BCUT2D eigenvalue weighted by atomic mass is 127. The standard InChI is InChI=1S/C14H9ClF3IO/c15-11-7-9(3-6-12(11)19)13(20)8-1-4-10(5-2-8)14(16,17)18/h1-7,13,20H. The summed E-state index contributed by atoms with van der Waals surface area (Å²) >= 11 is 8.02. The third-order valence-electron chi connectivity index (χ3n) is 2.81. The molecule has 0 fully saturated rings. The van der Waals surface area contributed by atoms with Crippen molar-refractivity contribution in [3.63, 3.8) is 0 Å². The van der Waals surface area contributed by atoms with Gasteiger partial charge in [0.25, 0.3) is 0 Å². The van der Waals surface area contributed by atoms with Crippen LogP contribution < -0.4 is 0 Å². The average Bonchev–Trinajstić information content (AvgIpc) is 2.40. The van der Waals surface area contributed by atoms with Gasteiger partial charge in [-0.25, -0.2) is 0 Å². The van der Waals surface area contributed by atoms with Crippen LogP contribution in [-0.4, -0.2) is 5.11 Å². The predicted molar refractivity (Wildman–Crippen MR) is 79.7 cm³/mol. The molecule has 0 spiro atoms. The van der Waals surface area contributed by atoms with Crippen LogP contribution in [0.1, 0.15) is 22.8 Å². The summed E-state index contributed by atoms with van der Waals surface area (Å²) in [5.41, 5.74) is 0.180. The molecular formula is C14H9ClF3IO. The number of hydrogen-bond donors (Lipinski definition) is 1. The molecule has 1 N–H and O–H groups in total. The van der Waals surface area contributed by atoms with Gasteiger partial charge < -0.3 is 5.11 Å². The third-order valence-corrected chi connectivity index (χ3v) is 4.39. The van der Waals surface area contributed by atoms with E-state index in [0.717, 1.165) is 15.7 Å². The van der Waals surface area contributed by atoms with E-state index in [9.17, 15) is 18.3 Å². The van der Waals surface area contributed by atoms with E-state index in [-0.39, 0.29) is 0 Å². The molecule has 2 aromatic rings. The lowest BCUT2D eigenvalue weighted by Crippen LogP contribution is -2.06. The highest BCUT2D eigenvalue weighted by Gasteiger charge is 2.30. The van der Waals surface area contributed by atoms with Crippen LogP contribution in [0.15, 0.2) is 42.5 Å². The smallest absolute Gasteiger partial charge is 0.384 e. The summed E-state index contributed by atoms with van der Waals surface area (Å²) in [6, 6.07) is 9.46. The first-order valence-corrected chi connectivity index (χ1v) is 7.05. The molecule has 0 bridgehead atoms. The number of hydrogen-bond acceptors (Lipinski definition) is 1. The van der Waals surface area contributed by atoms with Crippen molar-refractivity contribution in [1.29, 1.82) is 0 Å². The Morgan fingerprint density at radius 3 is 2.05 bits per heavy atom. The Kier molecular flexibility index (Phi) is 4.61. The Hall–Kier alpha value is -0.790. The molecule has 0 heterocycles. The fourth-order valence-corrected chi connectivity index (χ4v) is 2.25. The summed E-state index contributed by atoms with van der Waals surface area (Å²) in [5, 5.41) is 10.7. The van der Waals surface area contributed by atoms with Crippen molar-refractivity contribution in [3.8, 4) is 0 Å². The number of alkyl halides is 3. The van der Waals surface area contributed by atoms with E-state index in [1.54, 1.807) is 18.2 Å². The molecule has 0 aliphatic heterocycles. The van der Waals surface area contributed by atoms with Gasteiger partial charge >= 0.3 is 6.18 Å². The molecule has 0 aromatic heterocycles. The molecule has 1 unspecified atom stereocenters. The maximum absolute atomic E-state index is 12.5. The van der Waals surface area contributed by atoms with Gasteiger partial charge in [0.1, 0.15) is 6.10 Å². The molecule has 0 saturated carbocycles. The van der Waals surface area contributed by atoms with Gasteiger partial charge in [-0.2, -0.15) is 13.2 Å². The maximum Gasteiger partial charge on any atom is 0.416 e. The summed E-state index contributed by atoms with van der Waals surface area (Å²) in [4.78, 5) is 0. The molecule has 0 amide bonds. The molecule has 0 aliphatic carbocycles. The molecule has 0 radical (unpaired) electrons. The molecule has 106 valence electrons. The molecule has 2 aromatic carbocycles. The van der Waals surface area contributed by atoms with Crippen LogP contribution in [0.3, 0.4) is 0 Å². The van der Waals surface area contributed by atoms with Crippen LogP contribution in [0.5, 0.6) is 0 Å². The summed E-state index contributed by atoms with van der Waals surface area (Å²) in [7, 11) is 0. The van der Waals surface area contributed by atoms with E-state index in [2.05, 4.69) is 22.6 Å². The van der Waals surface area contributed by atoms with Gasteiger partial charge in [0.15, 0.2) is 0 Å². The summed E-state index contributed by atoms with van der Waals surface area (Å²) < 4.78 is 38.2. The van der Waals surface area contributed by atoms with Crippen LogP contribution >= 0.6 is 34.2 Å². The van der Waals surface area contributed by atoms with Crippen LogP contribution in [-0.2, 0) is 6.18 Å². The van der Waals surface area contributed by atoms with E-state index in [1.807, 2.05) is 0 Å². The highest BCUT2D eigenvalue weighted by Crippen LogP contribution is 2.32. The number of benzene rings is 2. The third kappa shape index (κ3) is 3.45. The minimum absolute atomic E-state index is 0.385. The molecule has 1 atom stereocenters. The summed E-state index contributed by atoms with van der Waals surface area (Å²) in [5.74, 6) is 0. The monoisotopic (exact) mass is 412 g/mol. The van der Waals surface area contributed by atoms with Crippen molar-refractivity contribution in [3.05, 3.63) is 67.7 Å². The Morgan fingerprint density at radius 2 is 1.55 bits per heavy atom. The first kappa shape index (κ1) is 15.6. The van der Waals surface area contributed by atoms with Crippen molar-refractivity contribution < 1.29 is 18.3 Å². The van der Waals surface area contributed by atoms with E-state index in [4.69, 9.17) is 11.6 Å². The molecule has 6 heteroatoms. The Bertz CT molecular complexity index is 611. The second-order valence-electron chi connectivity index (χ2n) is 4.20. The van der Waals surface area contributed by atoms with Crippen LogP contribution in [0.2, 0.25) is 5.02 Å². The molecule has 20 heavy (non-hydrogen) atoms. The minimum atomic E-state index is -4.38. The molecule has 2 rings (SSSR count). The van der Waals surface area contributed by atoms with Gasteiger partial charge in [-0.15, -0.1) is 0 Å². The van der Waals surface area contributed by atoms with Crippen LogP contribution in [0, 0.1) is 3.57 Å². The molecule has 0 aliphatic rings. The maximum atomic E-state index is 12.5. The Balaban J connectivity index is 2.29. The van der Waals surface area contributed by atoms with Crippen molar-refractivity contribution in [2.24, 2.45) is 0 Å². The predicted octanol–water partition coefficient (Wildman–Crippen LogP) is 5.05. The van der Waals surface area contributed by atoms with Crippen LogP contribution in [0.4, 0.5) is 13.2 Å². The SMILES string of the molecule is OC(c1ccc(C(F)(F)F)cc1)c1ccc(I)c(Cl)c1. The highest BCUT2D eigenvalue weighted by molar-refractivity contribution is 14.1. The largest absolute Gasteiger partial charge is 0.416 e. The average molecular weight is 413 g/mol. The zero-order valence-electron chi connectivity index (χ0n) is 9.96. The molecular weight excluding hydrogens is 404 g/mol. The Morgan fingerprint density at radius 1 is 1.00 bits per heavy atom. The summed E-state index contributed by atoms with van der Waals surface area (Å²) in [6.07, 6.45) is -5.39. The lowest BCUT2D eigenvalue weighted by Gasteiger charge is -2.14. The van der Waals surface area contributed by atoms with Crippen molar-refractivity contribution >= 4 is 34.2 Å². The first-order valence-electron chi connectivity index (χ1n) is 5.59. The number of aliphatic hydroxyl groups is 1. The second kappa shape index (κ2) is 5.91. The minimum Gasteiger partial charge on any atom is -0.384 e. The van der Waals surface area contributed by atoms with Crippen LogP contribution in [0.25, 0.3) is 0 Å². The number of rotatable bonds is 2. The fourth-order valence-electron chi connectivity index (χ4n) is 1.73. The van der Waals surface area contributed by atoms with E-state index < -0.39 is 17.8 Å². The van der Waals surface area contributed by atoms with Gasteiger partial charge in [-0.1, -0.05) is 29.8 Å². The molecule has 0 saturated heterocycles. The van der Waals surface area contributed by atoms with Gasteiger partial charge in [-0.05, 0) is 58.0 Å². The fraction of sp³-hybridized carbons (Fsp3) is 0.143. The lowest BCUT2D eigenvalue weighted by molar-refractivity contribution is -0.137. The normalized spacial score (nSPS) is 13.3. The second-order valence-corrected chi connectivity index (χ2v) is 5.77. The first-order chi connectivity index (χ1) is 9.29.